The number of nitrogens with one attached hydrogen (secondary N) is 1. The Morgan fingerprint density at radius 2 is 1.76 bits per heavy atom. The van der Waals surface area contributed by atoms with Crippen LogP contribution in [0.1, 0.15) is 40.2 Å². The van der Waals surface area contributed by atoms with E-state index in [1.165, 1.54) is 3.57 Å². The zero-order valence-electron chi connectivity index (χ0n) is 15.4. The molecule has 1 fully saturated rings. The first kappa shape index (κ1) is 20.2. The predicted molar refractivity (Wildman–Crippen MR) is 106 cm³/mol. The highest BCUT2D eigenvalue weighted by atomic mass is 127. The third-order valence-electron chi connectivity index (χ3n) is 3.57. The fourth-order valence-electron chi connectivity index (χ4n) is 2.24. The van der Waals surface area contributed by atoms with Crippen LogP contribution in [0.25, 0.3) is 6.08 Å². The molecule has 25 heavy (non-hydrogen) atoms. The molecule has 1 aromatic rings. The number of rotatable bonds is 3. The van der Waals surface area contributed by atoms with Crippen molar-refractivity contribution in [2.24, 2.45) is 0 Å². The van der Waals surface area contributed by atoms with E-state index in [9.17, 15) is 4.79 Å². The Kier molecular flexibility index (Phi) is 6.17. The van der Waals surface area contributed by atoms with Crippen LogP contribution < -0.4 is 5.32 Å². The highest BCUT2D eigenvalue weighted by Gasteiger charge is 2.40. The van der Waals surface area contributed by atoms with Crippen molar-refractivity contribution in [1.29, 1.82) is 0 Å². The summed E-state index contributed by atoms with van der Waals surface area (Å²) in [7, 11) is 0. The molecule has 1 amide bonds. The molecule has 2 rings (SSSR count). The van der Waals surface area contributed by atoms with Gasteiger partial charge < -0.3 is 19.5 Å². The lowest BCUT2D eigenvalue weighted by molar-refractivity contribution is -0.263. The van der Waals surface area contributed by atoms with Gasteiger partial charge in [-0.1, -0.05) is 24.3 Å². The minimum Gasteiger partial charge on any atom is -0.444 e. The average Bonchev–Trinajstić information content (AvgIpc) is 2.48. The molecule has 0 atom stereocenters. The second-order valence-electron chi connectivity index (χ2n) is 7.65. The molecule has 0 aromatic heterocycles. The number of amides is 1. The van der Waals surface area contributed by atoms with Gasteiger partial charge in [-0.25, -0.2) is 4.79 Å². The van der Waals surface area contributed by atoms with Crippen LogP contribution in [0.5, 0.6) is 0 Å². The molecule has 1 heterocycles. The molecule has 1 aliphatic rings. The molecule has 1 aliphatic heterocycles. The van der Waals surface area contributed by atoms with Gasteiger partial charge in [-0.3, -0.25) is 0 Å². The number of alkyl carbamates (subject to hydrolysis) is 1. The van der Waals surface area contributed by atoms with E-state index in [1.54, 1.807) is 0 Å². The number of hydrogen-bond acceptors (Lipinski definition) is 4. The molecule has 138 valence electrons. The summed E-state index contributed by atoms with van der Waals surface area (Å²) in [5.74, 6) is -0.671. The van der Waals surface area contributed by atoms with Crippen LogP contribution in [0.15, 0.2) is 30.3 Å². The summed E-state index contributed by atoms with van der Waals surface area (Å²) in [6, 6.07) is 8.11. The van der Waals surface area contributed by atoms with E-state index in [-0.39, 0.29) is 0 Å². The summed E-state index contributed by atoms with van der Waals surface area (Å²) in [5.41, 5.74) is -0.308. The Morgan fingerprint density at radius 1 is 1.20 bits per heavy atom. The van der Waals surface area contributed by atoms with Gasteiger partial charge in [-0.15, -0.1) is 0 Å². The molecule has 0 aliphatic carbocycles. The van der Waals surface area contributed by atoms with E-state index >= 15 is 0 Å². The van der Waals surface area contributed by atoms with E-state index in [0.717, 1.165) is 5.56 Å². The third-order valence-corrected chi connectivity index (χ3v) is 4.29. The van der Waals surface area contributed by atoms with E-state index < -0.39 is 23.0 Å². The van der Waals surface area contributed by atoms with Gasteiger partial charge in [0.05, 0.1) is 13.2 Å². The van der Waals surface area contributed by atoms with Gasteiger partial charge in [-0.2, -0.15) is 0 Å². The summed E-state index contributed by atoms with van der Waals surface area (Å²) in [4.78, 5) is 12.3. The van der Waals surface area contributed by atoms with Gasteiger partial charge >= 0.3 is 6.09 Å². The zero-order valence-corrected chi connectivity index (χ0v) is 17.5. The fraction of sp³-hybridized carbons (Fsp3) is 0.526. The first-order valence-electron chi connectivity index (χ1n) is 8.23. The van der Waals surface area contributed by atoms with Crippen LogP contribution >= 0.6 is 22.6 Å². The molecule has 0 bridgehead atoms. The SMILES string of the molecule is CC(C)(C)OC(=O)NC1(C=Cc2ccc(I)cc2)COC(C)(C)OC1. The highest BCUT2D eigenvalue weighted by Crippen LogP contribution is 2.26. The average molecular weight is 459 g/mol. The monoisotopic (exact) mass is 459 g/mol. The van der Waals surface area contributed by atoms with Gasteiger partial charge in [0.2, 0.25) is 0 Å². The molecule has 1 N–H and O–H groups in total. The first-order valence-corrected chi connectivity index (χ1v) is 9.30. The molecule has 1 aromatic carbocycles. The molecule has 0 radical (unpaired) electrons. The van der Waals surface area contributed by atoms with E-state index in [0.29, 0.717) is 13.2 Å². The molecule has 1 saturated heterocycles. The summed E-state index contributed by atoms with van der Waals surface area (Å²) in [5, 5.41) is 2.91. The van der Waals surface area contributed by atoms with Crippen LogP contribution in [-0.2, 0) is 14.2 Å². The Hall–Kier alpha value is -1.12. The fourth-order valence-corrected chi connectivity index (χ4v) is 2.59. The topological polar surface area (TPSA) is 56.8 Å². The Morgan fingerprint density at radius 3 is 2.28 bits per heavy atom. The van der Waals surface area contributed by atoms with Gasteiger partial charge in [0, 0.05) is 3.57 Å². The maximum absolute atomic E-state index is 12.3. The molecular weight excluding hydrogens is 433 g/mol. The summed E-state index contributed by atoms with van der Waals surface area (Å²) in [6.45, 7) is 9.81. The van der Waals surface area contributed by atoms with Crippen molar-refractivity contribution >= 4 is 34.8 Å². The first-order chi connectivity index (χ1) is 11.5. The zero-order chi connectivity index (χ0) is 18.7. The lowest BCUT2D eigenvalue weighted by Gasteiger charge is -2.42. The van der Waals surface area contributed by atoms with Crippen LogP contribution in [0.2, 0.25) is 0 Å². The van der Waals surface area contributed by atoms with Crippen molar-refractivity contribution in [2.45, 2.75) is 51.5 Å². The molecule has 6 heteroatoms. The minimum atomic E-state index is -0.777. The Balaban J connectivity index is 2.17. The lowest BCUT2D eigenvalue weighted by Crippen LogP contribution is -2.60. The van der Waals surface area contributed by atoms with Crippen molar-refractivity contribution in [2.75, 3.05) is 13.2 Å². The number of carbonyl (C=O) groups is 1. The second-order valence-corrected chi connectivity index (χ2v) is 8.89. The highest BCUT2D eigenvalue weighted by molar-refractivity contribution is 14.1. The predicted octanol–water partition coefficient (Wildman–Crippen LogP) is 4.35. The van der Waals surface area contributed by atoms with Crippen LogP contribution in [0.3, 0.4) is 0 Å². The van der Waals surface area contributed by atoms with E-state index in [2.05, 4.69) is 27.9 Å². The van der Waals surface area contributed by atoms with Crippen molar-refractivity contribution in [3.05, 3.63) is 39.5 Å². The minimum absolute atomic E-state index is 0.306. The molecule has 0 unspecified atom stereocenters. The number of carbonyl (C=O) groups excluding carboxylic acids is 1. The molecular formula is C19H26INO4. The summed E-state index contributed by atoms with van der Waals surface area (Å²) >= 11 is 2.27. The largest absolute Gasteiger partial charge is 0.444 e. The van der Waals surface area contributed by atoms with Crippen LogP contribution in [-0.4, -0.2) is 36.2 Å². The van der Waals surface area contributed by atoms with Crippen molar-refractivity contribution in [3.8, 4) is 0 Å². The van der Waals surface area contributed by atoms with Crippen LogP contribution in [0, 0.1) is 3.57 Å². The van der Waals surface area contributed by atoms with Crippen molar-refractivity contribution < 1.29 is 19.0 Å². The Bertz CT molecular complexity index is 622. The van der Waals surface area contributed by atoms with Gasteiger partial charge in [-0.05, 0) is 74.9 Å². The molecule has 0 saturated carbocycles. The smallest absolute Gasteiger partial charge is 0.408 e. The number of hydrogen-bond donors (Lipinski definition) is 1. The molecule has 0 spiro atoms. The van der Waals surface area contributed by atoms with Gasteiger partial charge in [0.25, 0.3) is 0 Å². The number of halogens is 1. The normalized spacial score (nSPS) is 19.6. The summed E-state index contributed by atoms with van der Waals surface area (Å²) in [6.07, 6.45) is 3.37. The lowest BCUT2D eigenvalue weighted by atomic mass is 9.98. The van der Waals surface area contributed by atoms with Crippen molar-refractivity contribution in [1.82, 2.24) is 5.32 Å². The standard InChI is InChI=1S/C19H26INO4/c1-17(2,3)25-16(22)21-19(12-23-18(4,5)24-13-19)11-10-14-6-8-15(20)9-7-14/h6-11H,12-13H2,1-5H3,(H,21,22). The maximum atomic E-state index is 12.3. The van der Waals surface area contributed by atoms with Gasteiger partial charge in [0.15, 0.2) is 5.79 Å². The van der Waals surface area contributed by atoms with Crippen LogP contribution in [0.4, 0.5) is 4.79 Å². The third kappa shape index (κ3) is 6.60. The van der Waals surface area contributed by atoms with Gasteiger partial charge in [0.1, 0.15) is 11.1 Å². The van der Waals surface area contributed by atoms with E-state index in [1.807, 2.05) is 71.0 Å². The van der Waals surface area contributed by atoms with Crippen molar-refractivity contribution in [3.63, 3.8) is 0 Å². The maximum Gasteiger partial charge on any atom is 0.408 e. The number of benzene rings is 1. The molecule has 5 nitrogen and oxygen atoms in total. The Labute approximate surface area is 163 Å². The number of ether oxygens (including phenoxy) is 3. The summed E-state index contributed by atoms with van der Waals surface area (Å²) < 4.78 is 18.1. The van der Waals surface area contributed by atoms with E-state index in [4.69, 9.17) is 14.2 Å². The second kappa shape index (κ2) is 7.63. The quantitative estimate of drug-likeness (QED) is 0.683.